The summed E-state index contributed by atoms with van der Waals surface area (Å²) in [6, 6.07) is 3.96. The second-order valence-corrected chi connectivity index (χ2v) is 10.2. The third-order valence-corrected chi connectivity index (χ3v) is 7.49. The minimum atomic E-state index is -0.356. The summed E-state index contributed by atoms with van der Waals surface area (Å²) >= 11 is 0. The van der Waals surface area contributed by atoms with Gasteiger partial charge < -0.3 is 19.3 Å². The molecular weight excluding hydrogens is 388 g/mol. The molecule has 0 N–H and O–H groups in total. The molecule has 0 aromatic heterocycles. The van der Waals surface area contributed by atoms with Gasteiger partial charge in [-0.1, -0.05) is 6.42 Å². The van der Waals surface area contributed by atoms with Gasteiger partial charge in [0.25, 0.3) is 0 Å². The van der Waals surface area contributed by atoms with Gasteiger partial charge in [-0.2, -0.15) is 0 Å². The lowest BCUT2D eigenvalue weighted by molar-refractivity contribution is -0.134. The molecule has 6 rings (SSSR count). The standard InChI is InChI=1S/C26H36N2O3/c1-18-16-20(30-22(29)8-7-13-27-11-5-4-6-12-27)17-21-23(18)24-19-9-14-28(15-10-19)25(24)26(2,3)31-21/h16-17,19H,4-15H2,1-3H3. The molecule has 0 aliphatic carbocycles. The molecule has 0 amide bonds. The van der Waals surface area contributed by atoms with Crippen LogP contribution in [0.4, 0.5) is 0 Å². The number of likely N-dealkylation sites (tertiary alicyclic amines) is 1. The fourth-order valence-corrected chi connectivity index (χ4v) is 6.13. The largest absolute Gasteiger partial charge is 0.481 e. The number of hydrogen-bond donors (Lipinski definition) is 0. The average molecular weight is 425 g/mol. The summed E-state index contributed by atoms with van der Waals surface area (Å²) in [4.78, 5) is 17.5. The first-order chi connectivity index (χ1) is 14.9. The molecule has 0 unspecified atom stereocenters. The first kappa shape index (κ1) is 20.9. The zero-order chi connectivity index (χ0) is 21.6. The van der Waals surface area contributed by atoms with E-state index in [1.165, 1.54) is 62.0 Å². The van der Waals surface area contributed by atoms with Crippen LogP contribution in [0.25, 0.3) is 5.57 Å². The normalized spacial score (nSPS) is 22.7. The van der Waals surface area contributed by atoms with E-state index in [0.717, 1.165) is 37.4 Å². The van der Waals surface area contributed by atoms with Crippen LogP contribution in [0.2, 0.25) is 0 Å². The Hall–Kier alpha value is -2.01. The van der Waals surface area contributed by atoms with Crippen molar-refractivity contribution in [1.29, 1.82) is 0 Å². The fourth-order valence-electron chi connectivity index (χ4n) is 6.13. The number of esters is 1. The fraction of sp³-hybridized carbons (Fsp3) is 0.654. The van der Waals surface area contributed by atoms with Crippen LogP contribution in [0.1, 0.15) is 69.9 Å². The van der Waals surface area contributed by atoms with Gasteiger partial charge in [0.1, 0.15) is 17.1 Å². The topological polar surface area (TPSA) is 42.0 Å². The van der Waals surface area contributed by atoms with E-state index < -0.39 is 0 Å². The number of rotatable bonds is 5. The van der Waals surface area contributed by atoms with Gasteiger partial charge in [-0.3, -0.25) is 4.79 Å². The van der Waals surface area contributed by atoms with E-state index in [-0.39, 0.29) is 11.6 Å². The molecule has 2 saturated heterocycles. The molecule has 0 spiro atoms. The first-order valence-electron chi connectivity index (χ1n) is 12.2. The van der Waals surface area contributed by atoms with Gasteiger partial charge >= 0.3 is 5.97 Å². The molecule has 5 nitrogen and oxygen atoms in total. The quantitative estimate of drug-likeness (QED) is 0.503. The number of ether oxygens (including phenoxy) is 2. The predicted octanol–water partition coefficient (Wildman–Crippen LogP) is 4.77. The van der Waals surface area contributed by atoms with E-state index in [1.54, 1.807) is 0 Å². The van der Waals surface area contributed by atoms with E-state index in [4.69, 9.17) is 9.47 Å². The minimum Gasteiger partial charge on any atom is -0.481 e. The summed E-state index contributed by atoms with van der Waals surface area (Å²) in [5.74, 6) is 1.95. The lowest BCUT2D eigenvalue weighted by Crippen LogP contribution is -2.51. The van der Waals surface area contributed by atoms with Crippen LogP contribution in [0, 0.1) is 12.8 Å². The Morgan fingerprint density at radius 1 is 1.13 bits per heavy atom. The molecule has 31 heavy (non-hydrogen) atoms. The van der Waals surface area contributed by atoms with Crippen LogP contribution in [-0.4, -0.2) is 54.1 Å². The number of carbonyl (C=O) groups excluding carboxylic acids is 1. The summed E-state index contributed by atoms with van der Waals surface area (Å²) < 4.78 is 12.3. The Balaban J connectivity index is 1.31. The number of hydrogen-bond acceptors (Lipinski definition) is 5. The van der Waals surface area contributed by atoms with E-state index >= 15 is 0 Å². The highest BCUT2D eigenvalue weighted by atomic mass is 16.5. The molecule has 0 atom stereocenters. The average Bonchev–Trinajstić information content (AvgIpc) is 2.74. The minimum absolute atomic E-state index is 0.144. The van der Waals surface area contributed by atoms with Gasteiger partial charge in [-0.05, 0) is 95.6 Å². The van der Waals surface area contributed by atoms with Gasteiger partial charge in [0.05, 0.1) is 5.70 Å². The molecule has 5 aliphatic heterocycles. The molecule has 1 aromatic carbocycles. The highest BCUT2D eigenvalue weighted by Gasteiger charge is 2.46. The molecular formula is C26H36N2O3. The molecule has 2 fully saturated rings. The Bertz CT molecular complexity index is 890. The molecule has 5 heterocycles. The van der Waals surface area contributed by atoms with Crippen LogP contribution in [-0.2, 0) is 4.79 Å². The summed E-state index contributed by atoms with van der Waals surface area (Å²) in [6.45, 7) is 12.1. The van der Waals surface area contributed by atoms with Crippen LogP contribution in [0.3, 0.4) is 0 Å². The Kier molecular flexibility index (Phi) is 5.49. The Labute approximate surface area is 186 Å². The van der Waals surface area contributed by atoms with Gasteiger partial charge in [0, 0.05) is 31.1 Å². The van der Waals surface area contributed by atoms with Crippen LogP contribution >= 0.6 is 0 Å². The highest BCUT2D eigenvalue weighted by molar-refractivity contribution is 5.82. The van der Waals surface area contributed by atoms with Crippen molar-refractivity contribution in [2.45, 2.75) is 71.3 Å². The van der Waals surface area contributed by atoms with Gasteiger partial charge in [-0.15, -0.1) is 0 Å². The van der Waals surface area contributed by atoms with Crippen LogP contribution in [0.5, 0.6) is 11.5 Å². The first-order valence-corrected chi connectivity index (χ1v) is 12.2. The second-order valence-electron chi connectivity index (χ2n) is 10.2. The molecule has 5 heteroatoms. The van der Waals surface area contributed by atoms with E-state index in [9.17, 15) is 4.79 Å². The van der Waals surface area contributed by atoms with Crippen molar-refractivity contribution in [3.63, 3.8) is 0 Å². The van der Waals surface area contributed by atoms with Gasteiger partial charge in [0.2, 0.25) is 0 Å². The molecule has 168 valence electrons. The van der Waals surface area contributed by atoms with Crippen molar-refractivity contribution in [1.82, 2.24) is 9.80 Å². The number of aryl methyl sites for hydroxylation is 1. The van der Waals surface area contributed by atoms with Crippen molar-refractivity contribution < 1.29 is 14.3 Å². The van der Waals surface area contributed by atoms with E-state index in [2.05, 4.69) is 30.6 Å². The lowest BCUT2D eigenvalue weighted by atomic mass is 9.73. The van der Waals surface area contributed by atoms with E-state index in [1.807, 2.05) is 12.1 Å². The number of allylic oxidation sites excluding steroid dienone is 1. The van der Waals surface area contributed by atoms with Gasteiger partial charge in [0.15, 0.2) is 0 Å². The molecule has 0 saturated carbocycles. The second kappa shape index (κ2) is 8.16. The summed E-state index contributed by atoms with van der Waals surface area (Å²) in [7, 11) is 0. The monoisotopic (exact) mass is 424 g/mol. The van der Waals surface area contributed by atoms with Crippen molar-refractivity contribution in [3.05, 3.63) is 29.0 Å². The zero-order valence-corrected chi connectivity index (χ0v) is 19.3. The van der Waals surface area contributed by atoms with Crippen molar-refractivity contribution in [3.8, 4) is 11.5 Å². The summed E-state index contributed by atoms with van der Waals surface area (Å²) in [6.07, 6.45) is 7.68. The van der Waals surface area contributed by atoms with Crippen molar-refractivity contribution >= 4 is 11.5 Å². The summed E-state index contributed by atoms with van der Waals surface area (Å²) in [5.41, 5.74) is 4.86. The van der Waals surface area contributed by atoms with Crippen LogP contribution in [0.15, 0.2) is 17.8 Å². The molecule has 5 aliphatic rings. The third-order valence-electron chi connectivity index (χ3n) is 7.49. The molecule has 0 radical (unpaired) electrons. The number of nitrogens with zero attached hydrogens (tertiary/aromatic N) is 2. The summed E-state index contributed by atoms with van der Waals surface area (Å²) in [5, 5.41) is 0. The van der Waals surface area contributed by atoms with Crippen molar-refractivity contribution in [2.75, 3.05) is 32.7 Å². The Morgan fingerprint density at radius 3 is 2.61 bits per heavy atom. The maximum Gasteiger partial charge on any atom is 0.311 e. The van der Waals surface area contributed by atoms with Gasteiger partial charge in [-0.25, -0.2) is 0 Å². The highest BCUT2D eigenvalue weighted by Crippen LogP contribution is 2.53. The predicted molar refractivity (Wildman–Crippen MR) is 122 cm³/mol. The molecule has 2 bridgehead atoms. The third kappa shape index (κ3) is 3.97. The smallest absolute Gasteiger partial charge is 0.311 e. The SMILES string of the molecule is Cc1cc(OC(=O)CCCN2CCCCC2)cc2c1C1=C(N3CCC1CC3)C(C)(C)O2. The van der Waals surface area contributed by atoms with Crippen molar-refractivity contribution in [2.24, 2.45) is 5.92 Å². The van der Waals surface area contributed by atoms with Crippen LogP contribution < -0.4 is 9.47 Å². The number of carbonyl (C=O) groups is 1. The number of piperidine rings is 2. The number of benzene rings is 1. The lowest BCUT2D eigenvalue weighted by Gasteiger charge is -2.52. The maximum atomic E-state index is 12.5. The van der Waals surface area contributed by atoms with E-state index in [0.29, 0.717) is 18.1 Å². The maximum absolute atomic E-state index is 12.5. The zero-order valence-electron chi connectivity index (χ0n) is 19.3. The molecule has 1 aromatic rings. The number of fused-ring (bicyclic) bond motifs is 3. The Morgan fingerprint density at radius 2 is 1.87 bits per heavy atom.